The standard InChI is InChI=1S/C17H20N4O5S/c1-9-12-14(19-10-6-4-3-5-7-21(10)15(12)23)27-13(9)16(24)26-8-11(22)20-17(25)18-2/h3-8H2,1-2H3,(H2,18,20,22,25). The van der Waals surface area contributed by atoms with Gasteiger partial charge in [-0.25, -0.2) is 14.6 Å². The summed E-state index contributed by atoms with van der Waals surface area (Å²) in [6.45, 7) is 1.71. The van der Waals surface area contributed by atoms with E-state index in [2.05, 4.69) is 10.3 Å². The summed E-state index contributed by atoms with van der Waals surface area (Å²) in [6.07, 6.45) is 3.71. The number of hydrogen-bond donors (Lipinski definition) is 2. The molecule has 3 amide bonds. The number of thiophene rings is 1. The van der Waals surface area contributed by atoms with Crippen molar-refractivity contribution in [3.63, 3.8) is 0 Å². The zero-order chi connectivity index (χ0) is 19.6. The maximum atomic E-state index is 12.9. The highest BCUT2D eigenvalue weighted by Crippen LogP contribution is 2.28. The molecule has 10 heteroatoms. The van der Waals surface area contributed by atoms with Crippen LogP contribution in [0.25, 0.3) is 10.2 Å². The quantitative estimate of drug-likeness (QED) is 0.755. The van der Waals surface area contributed by atoms with Gasteiger partial charge in [0.15, 0.2) is 6.61 Å². The first kappa shape index (κ1) is 19.0. The minimum atomic E-state index is -0.744. The molecule has 1 aliphatic rings. The molecule has 0 aromatic carbocycles. The van der Waals surface area contributed by atoms with Gasteiger partial charge in [0.2, 0.25) is 0 Å². The second-order valence-electron chi connectivity index (χ2n) is 6.24. The smallest absolute Gasteiger partial charge is 0.349 e. The van der Waals surface area contributed by atoms with Crippen molar-refractivity contribution in [1.82, 2.24) is 20.2 Å². The third-order valence-corrected chi connectivity index (χ3v) is 5.58. The van der Waals surface area contributed by atoms with Crippen LogP contribution >= 0.6 is 11.3 Å². The van der Waals surface area contributed by atoms with E-state index in [1.54, 1.807) is 11.5 Å². The van der Waals surface area contributed by atoms with E-state index in [4.69, 9.17) is 4.74 Å². The molecule has 3 rings (SSSR count). The van der Waals surface area contributed by atoms with Crippen molar-refractivity contribution in [3.8, 4) is 0 Å². The topological polar surface area (TPSA) is 119 Å². The van der Waals surface area contributed by atoms with Gasteiger partial charge in [-0.2, -0.15) is 0 Å². The van der Waals surface area contributed by atoms with E-state index in [1.807, 2.05) is 5.32 Å². The van der Waals surface area contributed by atoms with Crippen LogP contribution in [0.4, 0.5) is 4.79 Å². The minimum Gasteiger partial charge on any atom is -0.451 e. The number of nitrogens with zero attached hydrogens (tertiary/aromatic N) is 2. The second-order valence-corrected chi connectivity index (χ2v) is 7.23. The number of rotatable bonds is 3. The predicted molar refractivity (Wildman–Crippen MR) is 99.1 cm³/mol. The number of esters is 1. The summed E-state index contributed by atoms with van der Waals surface area (Å²) in [6, 6.07) is -0.687. The Morgan fingerprint density at radius 2 is 2.04 bits per heavy atom. The van der Waals surface area contributed by atoms with Crippen molar-refractivity contribution < 1.29 is 19.1 Å². The van der Waals surface area contributed by atoms with Gasteiger partial charge >= 0.3 is 12.0 Å². The fourth-order valence-electron chi connectivity index (χ4n) is 3.03. The number of hydrogen-bond acceptors (Lipinski definition) is 7. The van der Waals surface area contributed by atoms with E-state index in [-0.39, 0.29) is 10.4 Å². The lowest BCUT2D eigenvalue weighted by Crippen LogP contribution is -2.39. The third kappa shape index (κ3) is 3.85. The van der Waals surface area contributed by atoms with Crippen molar-refractivity contribution in [2.75, 3.05) is 13.7 Å². The fraction of sp³-hybridized carbons (Fsp3) is 0.471. The van der Waals surface area contributed by atoms with Crippen molar-refractivity contribution in [1.29, 1.82) is 0 Å². The van der Waals surface area contributed by atoms with Crippen molar-refractivity contribution in [2.24, 2.45) is 0 Å². The lowest BCUT2D eigenvalue weighted by Gasteiger charge is -2.08. The second kappa shape index (κ2) is 7.87. The largest absolute Gasteiger partial charge is 0.451 e. The molecule has 0 bridgehead atoms. The molecule has 0 atom stereocenters. The Morgan fingerprint density at radius 3 is 2.78 bits per heavy atom. The number of carbonyl (C=O) groups excluding carboxylic acids is 3. The normalized spacial score (nSPS) is 13.6. The number of amides is 3. The summed E-state index contributed by atoms with van der Waals surface area (Å²) in [5.74, 6) is -0.718. The number of aryl methyl sites for hydroxylation is 2. The molecule has 2 N–H and O–H groups in total. The molecule has 144 valence electrons. The maximum absolute atomic E-state index is 12.9. The van der Waals surface area contributed by atoms with Gasteiger partial charge in [0.1, 0.15) is 15.5 Å². The number of ether oxygens (including phenoxy) is 1. The Bertz CT molecular complexity index is 978. The van der Waals surface area contributed by atoms with E-state index >= 15 is 0 Å². The molecule has 0 radical (unpaired) electrons. The number of fused-ring (bicyclic) bond motifs is 2. The summed E-state index contributed by atoms with van der Waals surface area (Å²) < 4.78 is 6.67. The van der Waals surface area contributed by atoms with Gasteiger partial charge in [-0.1, -0.05) is 6.42 Å². The van der Waals surface area contributed by atoms with Crippen molar-refractivity contribution in [2.45, 2.75) is 39.2 Å². The average molecular weight is 392 g/mol. The number of imide groups is 1. The van der Waals surface area contributed by atoms with E-state index in [1.165, 1.54) is 7.05 Å². The predicted octanol–water partition coefficient (Wildman–Crippen LogP) is 1.11. The monoisotopic (exact) mass is 392 g/mol. The molecular formula is C17H20N4O5S. The van der Waals surface area contributed by atoms with Crippen LogP contribution in [0.5, 0.6) is 0 Å². The highest BCUT2D eigenvalue weighted by atomic mass is 32.1. The molecule has 0 spiro atoms. The molecule has 0 fully saturated rings. The Kier molecular flexibility index (Phi) is 5.54. The molecule has 0 unspecified atom stereocenters. The van der Waals surface area contributed by atoms with Crippen LogP contribution in [-0.2, 0) is 22.5 Å². The molecule has 2 aromatic rings. The highest BCUT2D eigenvalue weighted by Gasteiger charge is 2.23. The van der Waals surface area contributed by atoms with Gasteiger partial charge in [0, 0.05) is 20.0 Å². The lowest BCUT2D eigenvalue weighted by molar-refractivity contribution is -0.123. The number of urea groups is 1. The van der Waals surface area contributed by atoms with E-state index < -0.39 is 24.5 Å². The van der Waals surface area contributed by atoms with Gasteiger partial charge < -0.3 is 10.1 Å². The number of aromatic nitrogens is 2. The molecule has 0 aliphatic carbocycles. The summed E-state index contributed by atoms with van der Waals surface area (Å²) in [5, 5.41) is 4.65. The molecule has 9 nitrogen and oxygen atoms in total. The van der Waals surface area contributed by atoms with Gasteiger partial charge in [-0.3, -0.25) is 19.5 Å². The van der Waals surface area contributed by atoms with E-state index in [9.17, 15) is 19.2 Å². The third-order valence-electron chi connectivity index (χ3n) is 4.41. The summed E-state index contributed by atoms with van der Waals surface area (Å²) >= 11 is 1.09. The molecule has 0 saturated carbocycles. The Morgan fingerprint density at radius 1 is 1.26 bits per heavy atom. The average Bonchev–Trinajstić information content (AvgIpc) is 2.82. The van der Waals surface area contributed by atoms with Crippen molar-refractivity contribution in [3.05, 3.63) is 26.6 Å². The highest BCUT2D eigenvalue weighted by molar-refractivity contribution is 7.20. The van der Waals surface area contributed by atoms with Crippen LogP contribution in [0.15, 0.2) is 4.79 Å². The van der Waals surface area contributed by atoms with Crippen molar-refractivity contribution >= 4 is 39.5 Å². The Balaban J connectivity index is 1.85. The van der Waals surface area contributed by atoms with E-state index in [0.717, 1.165) is 42.8 Å². The SMILES string of the molecule is CNC(=O)NC(=O)COC(=O)c1sc2nc3n(c(=O)c2c1C)CCCCC3. The van der Waals surface area contributed by atoms with Gasteiger partial charge in [0.05, 0.1) is 5.39 Å². The van der Waals surface area contributed by atoms with Crippen LogP contribution in [0.3, 0.4) is 0 Å². The minimum absolute atomic E-state index is 0.137. The summed E-state index contributed by atoms with van der Waals surface area (Å²) in [7, 11) is 1.36. The fourth-order valence-corrected chi connectivity index (χ4v) is 4.11. The van der Waals surface area contributed by atoms with E-state index in [0.29, 0.717) is 22.3 Å². The molecule has 27 heavy (non-hydrogen) atoms. The zero-order valence-corrected chi connectivity index (χ0v) is 15.9. The van der Waals surface area contributed by atoms with Gasteiger partial charge in [-0.05, 0) is 25.3 Å². The zero-order valence-electron chi connectivity index (χ0n) is 15.1. The number of nitrogens with one attached hydrogen (secondary N) is 2. The van der Waals surface area contributed by atoms with Crippen LogP contribution in [-0.4, -0.2) is 41.1 Å². The van der Waals surface area contributed by atoms with Gasteiger partial charge in [-0.15, -0.1) is 11.3 Å². The summed E-state index contributed by atoms with van der Waals surface area (Å²) in [4.78, 5) is 53.2. The molecule has 0 saturated heterocycles. The first-order valence-electron chi connectivity index (χ1n) is 8.64. The lowest BCUT2D eigenvalue weighted by atomic mass is 10.2. The van der Waals surface area contributed by atoms with Crippen LogP contribution in [0.2, 0.25) is 0 Å². The molecule has 3 heterocycles. The molecular weight excluding hydrogens is 372 g/mol. The molecule has 2 aromatic heterocycles. The van der Waals surface area contributed by atoms with Gasteiger partial charge in [0.25, 0.3) is 11.5 Å². The Hall–Kier alpha value is -2.75. The first-order chi connectivity index (χ1) is 12.9. The van der Waals surface area contributed by atoms with Crippen LogP contribution in [0, 0.1) is 6.92 Å². The van der Waals surface area contributed by atoms with Crippen LogP contribution < -0.4 is 16.2 Å². The van der Waals surface area contributed by atoms with Crippen LogP contribution in [0.1, 0.15) is 40.3 Å². The summed E-state index contributed by atoms with van der Waals surface area (Å²) in [5.41, 5.74) is 0.366. The first-order valence-corrected chi connectivity index (χ1v) is 9.45. The number of carbonyl (C=O) groups is 3. The maximum Gasteiger partial charge on any atom is 0.349 e. The Labute approximate surface area is 158 Å². The molecule has 1 aliphatic heterocycles.